The zero-order valence-corrected chi connectivity index (χ0v) is 64.9. The summed E-state index contributed by atoms with van der Waals surface area (Å²) in [4.78, 5) is 172. The first kappa shape index (κ1) is 86.5. The van der Waals surface area contributed by atoms with Crippen molar-refractivity contribution in [2.24, 2.45) is 48.0 Å². The molecule has 0 unspecified atom stereocenters. The van der Waals surface area contributed by atoms with Gasteiger partial charge in [0.15, 0.2) is 23.3 Å². The van der Waals surface area contributed by atoms with Gasteiger partial charge in [-0.1, -0.05) is 6.42 Å². The van der Waals surface area contributed by atoms with Crippen LogP contribution in [-0.2, 0) is 85.2 Å². The Bertz CT molecular complexity index is 4220. The van der Waals surface area contributed by atoms with Crippen LogP contribution in [0.2, 0.25) is 0 Å². The Hall–Kier alpha value is -11.1. The van der Waals surface area contributed by atoms with E-state index in [0.717, 1.165) is 38.0 Å². The van der Waals surface area contributed by atoms with Crippen LogP contribution in [0.4, 0.5) is 33.6 Å². The van der Waals surface area contributed by atoms with E-state index in [4.69, 9.17) is 24.7 Å². The number of nitrogens with one attached hydrogen (secondary N) is 13. The fourth-order valence-electron chi connectivity index (χ4n) is 11.8. The lowest BCUT2D eigenvalue weighted by atomic mass is 10.0. The highest BCUT2D eigenvalue weighted by Crippen LogP contribution is 2.33. The van der Waals surface area contributed by atoms with Crippen LogP contribution in [0, 0.1) is 0 Å². The summed E-state index contributed by atoms with van der Waals surface area (Å²) in [6.07, 6.45) is 14.8. The summed E-state index contributed by atoms with van der Waals surface area (Å²) in [5.41, 5.74) is 7.26. The number of aromatic nitrogens is 10. The van der Waals surface area contributed by atoms with Crippen LogP contribution in [0.1, 0.15) is 128 Å². The van der Waals surface area contributed by atoms with E-state index in [-0.39, 0.29) is 140 Å². The summed E-state index contributed by atoms with van der Waals surface area (Å²) in [5.74, 6) is -3.68. The normalized spacial score (nSPS) is 14.5. The highest BCUT2D eigenvalue weighted by molar-refractivity contribution is 8.00. The van der Waals surface area contributed by atoms with E-state index < -0.39 is 53.3 Å². The molecular weight excluding hydrogens is 1480 g/mol. The Morgan fingerprint density at radius 3 is 1.51 bits per heavy atom. The summed E-state index contributed by atoms with van der Waals surface area (Å²) in [6.45, 7) is 5.54. The fraction of sp³-hybridized carbons (Fsp3) is 0.543. The third kappa shape index (κ3) is 28.1. The Kier molecular flexibility index (Phi) is 34.1. The van der Waals surface area contributed by atoms with Crippen molar-refractivity contribution in [3.63, 3.8) is 0 Å². The molecule has 13 amide bonds. The van der Waals surface area contributed by atoms with Crippen LogP contribution in [0.5, 0.6) is 0 Å². The van der Waals surface area contributed by atoms with Crippen LogP contribution in [-0.4, -0.2) is 265 Å². The number of aryl methyl sites for hydroxylation is 6. The number of urea groups is 1. The van der Waals surface area contributed by atoms with Crippen molar-refractivity contribution in [2.75, 3.05) is 145 Å². The molecule has 0 spiro atoms. The maximum Gasteiger partial charge on any atom is 0.315 e. The van der Waals surface area contributed by atoms with Crippen LogP contribution in [0.25, 0.3) is 0 Å². The molecule has 610 valence electrons. The second kappa shape index (κ2) is 44.1. The molecule has 15 N–H and O–H groups in total. The second-order valence-electron chi connectivity index (χ2n) is 26.8. The van der Waals surface area contributed by atoms with E-state index in [1.165, 1.54) is 68.4 Å². The number of imidazole rings is 4. The summed E-state index contributed by atoms with van der Waals surface area (Å²) in [7, 11) is 11.6. The highest BCUT2D eigenvalue weighted by atomic mass is 32.2. The van der Waals surface area contributed by atoms with Gasteiger partial charge < -0.3 is 126 Å². The first-order valence-corrected chi connectivity index (χ1v) is 37.8. The van der Waals surface area contributed by atoms with Gasteiger partial charge in [0, 0.05) is 174 Å². The minimum absolute atomic E-state index is 0.00696. The number of ether oxygens (including phenoxy) is 4. The van der Waals surface area contributed by atoms with Gasteiger partial charge in [0.05, 0.1) is 76.3 Å². The van der Waals surface area contributed by atoms with Crippen molar-refractivity contribution in [2.45, 2.75) is 87.6 Å². The van der Waals surface area contributed by atoms with Crippen LogP contribution in [0.3, 0.4) is 0 Å². The van der Waals surface area contributed by atoms with Gasteiger partial charge in [-0.2, -0.15) is 11.8 Å². The van der Waals surface area contributed by atoms with E-state index in [1.807, 2.05) is 18.8 Å². The third-order valence-electron chi connectivity index (χ3n) is 17.6. The van der Waals surface area contributed by atoms with Gasteiger partial charge in [-0.25, -0.2) is 24.7 Å². The molecule has 0 aromatic carbocycles. The number of fused-ring (bicyclic) bond motifs is 1. The van der Waals surface area contributed by atoms with E-state index in [1.54, 1.807) is 56.8 Å². The van der Waals surface area contributed by atoms with Gasteiger partial charge in [-0.3, -0.25) is 52.7 Å². The van der Waals surface area contributed by atoms with Crippen LogP contribution in [0.15, 0.2) is 55.5 Å². The first-order chi connectivity index (χ1) is 53.8. The summed E-state index contributed by atoms with van der Waals surface area (Å²) < 4.78 is 30.9. The number of thioether (sulfide) groups is 1. The van der Waals surface area contributed by atoms with Gasteiger partial charge in [-0.15, -0.1) is 0 Å². The van der Waals surface area contributed by atoms with E-state index in [0.29, 0.717) is 102 Å². The zero-order chi connectivity index (χ0) is 80.6. The van der Waals surface area contributed by atoms with Gasteiger partial charge in [0.2, 0.25) is 47.0 Å². The topological polar surface area (TPSA) is 509 Å². The molecule has 0 saturated carbocycles. The molecule has 112 heavy (non-hydrogen) atoms. The van der Waals surface area contributed by atoms with Crippen molar-refractivity contribution < 1.29 is 76.5 Å². The van der Waals surface area contributed by atoms with Crippen LogP contribution < -0.4 is 74.9 Å². The Morgan fingerprint density at radius 1 is 0.491 bits per heavy atom. The molecule has 2 aliphatic heterocycles. The predicted molar refractivity (Wildman–Crippen MR) is 411 cm³/mol. The van der Waals surface area contributed by atoms with E-state index in [2.05, 4.69) is 94.0 Å². The number of carbonyl (C=O) groups is 12. The molecule has 2 saturated heterocycles. The molecule has 0 bridgehead atoms. The van der Waals surface area contributed by atoms with Crippen molar-refractivity contribution in [3.05, 3.63) is 90.2 Å². The molecule has 2 fully saturated rings. The molecule has 6 aromatic heterocycles. The van der Waals surface area contributed by atoms with E-state index in [9.17, 15) is 57.5 Å². The lowest BCUT2D eigenvalue weighted by molar-refractivity contribution is -0.122. The number of nitrogens with zero attached hydrogens (tertiary/aromatic N) is 11. The minimum atomic E-state index is -0.852. The minimum Gasteiger partial charge on any atom is -0.379 e. The molecule has 8 rings (SSSR count). The number of unbranched alkanes of at least 4 members (excludes halogenated alkanes) is 1. The Labute approximate surface area is 650 Å². The maximum absolute atomic E-state index is 13.4. The van der Waals surface area contributed by atoms with Gasteiger partial charge in [0.25, 0.3) is 35.4 Å². The first-order valence-electron chi connectivity index (χ1n) is 36.8. The fourth-order valence-corrected chi connectivity index (χ4v) is 13.4. The number of carbonyl (C=O) groups excluding carboxylic acids is 12. The number of rotatable bonds is 49. The monoisotopic (exact) mass is 1580 g/mol. The lowest BCUT2D eigenvalue weighted by Crippen LogP contribution is -2.40. The quantitative estimate of drug-likeness (QED) is 0.0165. The summed E-state index contributed by atoms with van der Waals surface area (Å²) in [6, 6.07) is 2.43. The standard InChI is InChI=1S/C70H103N25O16S/c1-89(23-10-17-72-55(97)16-26-108-28-30-110-32-33-111-31-29-109-27-22-73-54(96)13-9-8-12-50-59-47(43-112-50)81-70(107)88-59)24-11-18-75-64(101)48-35-45(38-91(48)3)79-68(105)62-87-52(41-94(62)6)83-57(99)15-20-77-67(104)61-85-53(42-93(61)5)84-58(100)34-44(71)37-78-65(102)49-36-46(39-92(49)4)80-69(106)63-86-51(40-95(63)7)82-56(98)14-19-76-66(103)60-74-21-25-90(60)2/h21,25,35-36,38-42,44,47,50,59H,8-20,22-24,26-34,37,43,71H2,1-7H3,(H,72,97)(H,73,96)(H,75,101)(H,76,103)(H,77,104)(H,78,102)(H,79,105)(H,80,106)(H,82,98)(H,83,99)(H,84,100)(H2,81,88,107)/t44-,47+,50+,59+/m1/s1. The predicted octanol–water partition coefficient (Wildman–Crippen LogP) is -0.738. The number of hydrogen-bond acceptors (Lipinski definition) is 23. The number of hydrogen-bond donors (Lipinski definition) is 14. The SMILES string of the molecule is CN(CCCNC(=O)CCOCCOCCOCCOCCNC(=O)CCCC[C@@H]1SC[C@@H]2NC(=O)N[C@@H]21)CCCNC(=O)c1cc(NC(=O)c2nc(NC(=O)CCNC(=O)c3nc(NC(=O)C[C@@H](N)CNC(=O)c4cc(NC(=O)c5nc(NC(=O)CCNC(=O)c6nccn6C)cn5C)cn4C)cn3C)cn2C)cn1C. The molecular formula is C70H103N25O16S. The second-order valence-corrected chi connectivity index (χ2v) is 28.0. The molecule has 0 radical (unpaired) electrons. The lowest BCUT2D eigenvalue weighted by Gasteiger charge is -2.17. The van der Waals surface area contributed by atoms with Gasteiger partial charge in [-0.05, 0) is 58.0 Å². The summed E-state index contributed by atoms with van der Waals surface area (Å²) >= 11 is 1.88. The molecule has 2 aliphatic rings. The van der Waals surface area contributed by atoms with Gasteiger partial charge >= 0.3 is 6.03 Å². The zero-order valence-electron chi connectivity index (χ0n) is 64.0. The average Bonchev–Trinajstić information content (AvgIpc) is 1.67. The van der Waals surface area contributed by atoms with Crippen LogP contribution >= 0.6 is 11.8 Å². The molecule has 41 nitrogen and oxygen atoms in total. The average molecular weight is 1580 g/mol. The molecule has 0 aliphatic carbocycles. The third-order valence-corrected chi connectivity index (χ3v) is 19.1. The molecule has 42 heteroatoms. The Morgan fingerprint density at radius 2 is 0.964 bits per heavy atom. The molecule has 8 heterocycles. The molecule has 4 atom stereocenters. The van der Waals surface area contributed by atoms with Crippen molar-refractivity contribution in [3.8, 4) is 0 Å². The highest BCUT2D eigenvalue weighted by Gasteiger charge is 2.42. The number of nitrogens with two attached hydrogens (primary N) is 1. The van der Waals surface area contributed by atoms with Crippen molar-refractivity contribution >= 4 is 112 Å². The van der Waals surface area contributed by atoms with Crippen molar-refractivity contribution in [1.29, 1.82) is 0 Å². The number of amides is 13. The summed E-state index contributed by atoms with van der Waals surface area (Å²) in [5, 5.41) is 36.2. The van der Waals surface area contributed by atoms with Gasteiger partial charge in [0.1, 0.15) is 11.4 Å². The smallest absolute Gasteiger partial charge is 0.315 e. The Balaban J connectivity index is 0.602. The largest absolute Gasteiger partial charge is 0.379 e. The number of anilines is 5. The van der Waals surface area contributed by atoms with E-state index >= 15 is 0 Å². The van der Waals surface area contributed by atoms with Crippen molar-refractivity contribution in [1.82, 2.24) is 94.8 Å². The maximum atomic E-state index is 13.4. The molecule has 6 aromatic rings.